The maximum atomic E-state index is 6.33. The van der Waals surface area contributed by atoms with Crippen molar-refractivity contribution in [3.8, 4) is 16.8 Å². The molecule has 57 heavy (non-hydrogen) atoms. The predicted octanol–water partition coefficient (Wildman–Crippen LogP) is 12.9. The Bertz CT molecular complexity index is 3370. The Hall–Kier alpha value is -7.70. The fourth-order valence-corrected chi connectivity index (χ4v) is 8.41. The number of rotatable bonds is 4. The molecule has 6 heteroatoms. The van der Waals surface area contributed by atoms with Gasteiger partial charge in [-0.05, 0) is 65.7 Å². The number of aromatic nitrogens is 2. The van der Waals surface area contributed by atoms with Crippen LogP contribution in [-0.4, -0.2) is 28.0 Å². The van der Waals surface area contributed by atoms with Gasteiger partial charge in [-0.1, -0.05) is 133 Å². The van der Waals surface area contributed by atoms with Crippen LogP contribution in [0.5, 0.6) is 0 Å². The zero-order valence-electron chi connectivity index (χ0n) is 31.1. The van der Waals surface area contributed by atoms with E-state index < -0.39 is 0 Å². The number of fused-ring (bicyclic) bond motifs is 10. The van der Waals surface area contributed by atoms with Crippen molar-refractivity contribution in [3.63, 3.8) is 0 Å². The monoisotopic (exact) mass is 733 g/mol. The lowest BCUT2D eigenvalue weighted by molar-refractivity contribution is 0.669. The lowest BCUT2D eigenvalue weighted by Gasteiger charge is -2.17. The van der Waals surface area contributed by atoms with E-state index in [1.165, 1.54) is 5.39 Å². The molecule has 0 atom stereocenters. The van der Waals surface area contributed by atoms with Crippen molar-refractivity contribution in [2.45, 2.75) is 0 Å². The van der Waals surface area contributed by atoms with Gasteiger partial charge in [-0.2, -0.15) is 4.99 Å². The van der Waals surface area contributed by atoms with Crippen molar-refractivity contribution in [2.75, 3.05) is 12.4 Å². The number of nitrogens with one attached hydrogen (secondary N) is 1. The quantitative estimate of drug-likeness (QED) is 0.145. The van der Waals surface area contributed by atoms with Crippen LogP contribution in [-0.2, 0) is 0 Å². The van der Waals surface area contributed by atoms with Crippen LogP contribution in [0.1, 0.15) is 5.56 Å². The summed E-state index contributed by atoms with van der Waals surface area (Å²) in [5.41, 5.74) is 11.1. The minimum atomic E-state index is 0.572. The second kappa shape index (κ2) is 13.3. The van der Waals surface area contributed by atoms with E-state index in [9.17, 15) is 0 Å². The first-order valence-electron chi connectivity index (χ1n) is 19.1. The zero-order valence-corrected chi connectivity index (χ0v) is 31.1. The SMILES string of the molecule is C/N=C(\N=C(/Nc1ccc(-c2ccccc2)cc1)n1c2ccccc2c2ccc3c4ccccc4n(-c4ccccc4)c3c21)c1ccc2c(c1)oc1ccccc12. The molecule has 0 saturated carbocycles. The Labute approximate surface area is 328 Å². The molecule has 0 amide bonds. The number of aliphatic imine (C=N–C) groups is 2. The Kier molecular flexibility index (Phi) is 7.60. The first-order valence-corrected chi connectivity index (χ1v) is 19.1. The fraction of sp³-hybridized carbons (Fsp3) is 0.0196. The number of nitrogens with zero attached hydrogens (tertiary/aromatic N) is 4. The lowest BCUT2D eigenvalue weighted by Crippen LogP contribution is -2.24. The smallest absolute Gasteiger partial charge is 0.214 e. The molecule has 0 fully saturated rings. The van der Waals surface area contributed by atoms with Crippen LogP contribution in [0.15, 0.2) is 202 Å². The average Bonchev–Trinajstić information content (AvgIpc) is 3.93. The third kappa shape index (κ3) is 5.34. The molecule has 270 valence electrons. The Morgan fingerprint density at radius 3 is 1.82 bits per heavy atom. The third-order valence-corrected chi connectivity index (χ3v) is 11.0. The van der Waals surface area contributed by atoms with Crippen LogP contribution < -0.4 is 5.32 Å². The molecule has 0 aliphatic heterocycles. The Balaban J connectivity index is 1.19. The van der Waals surface area contributed by atoms with Gasteiger partial charge >= 0.3 is 0 Å². The van der Waals surface area contributed by atoms with Gasteiger partial charge in [0.15, 0.2) is 5.84 Å². The van der Waals surface area contributed by atoms with Gasteiger partial charge in [0.2, 0.25) is 5.96 Å². The Morgan fingerprint density at radius 2 is 1.07 bits per heavy atom. The molecule has 0 spiro atoms. The van der Waals surface area contributed by atoms with E-state index in [4.69, 9.17) is 14.4 Å². The summed E-state index contributed by atoms with van der Waals surface area (Å²) in [6.07, 6.45) is 0. The average molecular weight is 734 g/mol. The minimum absolute atomic E-state index is 0.572. The summed E-state index contributed by atoms with van der Waals surface area (Å²) in [6, 6.07) is 65.7. The molecule has 0 aliphatic rings. The van der Waals surface area contributed by atoms with Crippen molar-refractivity contribution < 1.29 is 4.42 Å². The topological polar surface area (TPSA) is 59.8 Å². The molecular formula is C51H35N5O. The molecule has 0 aliphatic carbocycles. The van der Waals surface area contributed by atoms with Crippen molar-refractivity contribution in [1.82, 2.24) is 9.13 Å². The highest BCUT2D eigenvalue weighted by atomic mass is 16.3. The van der Waals surface area contributed by atoms with Crippen molar-refractivity contribution >= 4 is 83.0 Å². The highest BCUT2D eigenvalue weighted by Crippen LogP contribution is 2.40. The van der Waals surface area contributed by atoms with Gasteiger partial charge in [-0.15, -0.1) is 0 Å². The first-order chi connectivity index (χ1) is 28.2. The minimum Gasteiger partial charge on any atom is -0.456 e. The van der Waals surface area contributed by atoms with E-state index in [1.54, 1.807) is 7.05 Å². The normalized spacial score (nSPS) is 12.5. The number of benzene rings is 8. The van der Waals surface area contributed by atoms with E-state index in [0.717, 1.165) is 88.2 Å². The summed E-state index contributed by atoms with van der Waals surface area (Å²) in [6.45, 7) is 0. The molecule has 0 unspecified atom stereocenters. The van der Waals surface area contributed by atoms with Gasteiger partial charge in [0.25, 0.3) is 0 Å². The van der Waals surface area contributed by atoms with E-state index >= 15 is 0 Å². The maximum absolute atomic E-state index is 6.33. The summed E-state index contributed by atoms with van der Waals surface area (Å²) in [5.74, 6) is 1.19. The highest BCUT2D eigenvalue weighted by Gasteiger charge is 2.23. The molecular weight excluding hydrogens is 699 g/mol. The summed E-state index contributed by atoms with van der Waals surface area (Å²) < 4.78 is 11.0. The molecule has 3 heterocycles. The van der Waals surface area contributed by atoms with Gasteiger partial charge in [0.1, 0.15) is 11.2 Å². The van der Waals surface area contributed by atoms with Crippen LogP contribution in [0.4, 0.5) is 5.69 Å². The van der Waals surface area contributed by atoms with Crippen molar-refractivity contribution in [3.05, 3.63) is 194 Å². The van der Waals surface area contributed by atoms with E-state index in [2.05, 4.69) is 172 Å². The number of furan rings is 1. The second-order valence-corrected chi connectivity index (χ2v) is 14.3. The third-order valence-electron chi connectivity index (χ3n) is 11.0. The molecule has 1 N–H and O–H groups in total. The second-order valence-electron chi connectivity index (χ2n) is 14.3. The summed E-state index contributed by atoms with van der Waals surface area (Å²) in [7, 11) is 1.80. The van der Waals surface area contributed by atoms with Gasteiger partial charge in [0.05, 0.1) is 22.1 Å². The number of para-hydroxylation sites is 4. The van der Waals surface area contributed by atoms with E-state index in [-0.39, 0.29) is 0 Å². The lowest BCUT2D eigenvalue weighted by atomic mass is 10.1. The number of amidine groups is 1. The Morgan fingerprint density at radius 1 is 0.491 bits per heavy atom. The number of hydrogen-bond donors (Lipinski definition) is 1. The number of hydrogen-bond acceptors (Lipinski definition) is 2. The van der Waals surface area contributed by atoms with Crippen molar-refractivity contribution in [2.24, 2.45) is 9.98 Å². The summed E-state index contributed by atoms with van der Waals surface area (Å²) in [4.78, 5) is 10.3. The van der Waals surface area contributed by atoms with Crippen molar-refractivity contribution in [1.29, 1.82) is 0 Å². The molecule has 3 aromatic heterocycles. The largest absolute Gasteiger partial charge is 0.456 e. The van der Waals surface area contributed by atoms with Crippen LogP contribution >= 0.6 is 0 Å². The molecule has 11 rings (SSSR count). The summed E-state index contributed by atoms with van der Waals surface area (Å²) >= 11 is 0. The zero-order chi connectivity index (χ0) is 37.9. The molecule has 8 aromatic carbocycles. The van der Waals surface area contributed by atoms with Crippen LogP contribution in [0.3, 0.4) is 0 Å². The molecule has 0 bridgehead atoms. The molecule has 0 radical (unpaired) electrons. The number of anilines is 1. The highest BCUT2D eigenvalue weighted by molar-refractivity contribution is 6.27. The predicted molar refractivity (Wildman–Crippen MR) is 238 cm³/mol. The fourth-order valence-electron chi connectivity index (χ4n) is 8.41. The van der Waals surface area contributed by atoms with Gasteiger partial charge in [-0.3, -0.25) is 9.56 Å². The molecule has 0 saturated heterocycles. The molecule has 11 aromatic rings. The maximum Gasteiger partial charge on any atom is 0.214 e. The van der Waals surface area contributed by atoms with Crippen LogP contribution in [0.2, 0.25) is 0 Å². The molecule has 6 nitrogen and oxygen atoms in total. The first kappa shape index (κ1) is 32.7. The van der Waals surface area contributed by atoms with Crippen LogP contribution in [0.25, 0.3) is 82.4 Å². The van der Waals surface area contributed by atoms with Gasteiger partial charge < -0.3 is 14.3 Å². The summed E-state index contributed by atoms with van der Waals surface area (Å²) in [5, 5.41) is 10.6. The van der Waals surface area contributed by atoms with E-state index in [0.29, 0.717) is 11.8 Å². The van der Waals surface area contributed by atoms with Crippen LogP contribution in [0, 0.1) is 0 Å². The standard InChI is InChI=1S/C51H35N5O/c1-52-50(35-26-29-41-40-20-10-13-23-46(40)57-47(41)32-35)54-51(53-36-27-24-34(25-28-36)33-14-4-2-5-15-33)56-45-22-12-9-19-39(45)43-31-30-42-38-18-8-11-21-44(38)55(48(42)49(43)56)37-16-6-3-7-17-37/h2-32H,1H3,(H,52,53,54). The van der Waals surface area contributed by atoms with Gasteiger partial charge in [-0.25, -0.2) is 0 Å². The van der Waals surface area contributed by atoms with E-state index in [1.807, 2.05) is 30.3 Å². The van der Waals surface area contributed by atoms with Gasteiger partial charge in [0, 0.05) is 56.3 Å².